The molecule has 0 aromatic rings. The topological polar surface area (TPSA) is 18.5 Å². The van der Waals surface area contributed by atoms with Gasteiger partial charge < -0.3 is 9.47 Å². The summed E-state index contributed by atoms with van der Waals surface area (Å²) >= 11 is 0. The summed E-state index contributed by atoms with van der Waals surface area (Å²) in [6.07, 6.45) is -3.52. The van der Waals surface area contributed by atoms with Crippen LogP contribution in [0.2, 0.25) is 0 Å². The summed E-state index contributed by atoms with van der Waals surface area (Å²) in [5.41, 5.74) is 0. The van der Waals surface area contributed by atoms with Crippen LogP contribution in [-0.4, -0.2) is 38.0 Å². The molecule has 96 valence electrons. The van der Waals surface area contributed by atoms with Gasteiger partial charge >= 0.3 is 12.1 Å². The lowest BCUT2D eigenvalue weighted by Crippen LogP contribution is -2.41. The molecule has 0 N–H and O–H groups in total. The molecule has 0 amide bonds. The van der Waals surface area contributed by atoms with Crippen LogP contribution in [-0.2, 0) is 9.47 Å². The van der Waals surface area contributed by atoms with Crippen LogP contribution in [0.25, 0.3) is 0 Å². The van der Waals surface area contributed by atoms with Gasteiger partial charge in [0.15, 0.2) is 0 Å². The summed E-state index contributed by atoms with van der Waals surface area (Å²) in [5.74, 6) is -4.79. The standard InChI is InChI=1S/C9H13F5O2/c10-8(11,9(12,13)14)6-15-5-7-3-1-2-4-16-7/h7H,1-6H2. The number of rotatable bonds is 4. The van der Waals surface area contributed by atoms with E-state index in [1.807, 2.05) is 0 Å². The molecule has 1 aliphatic rings. The molecule has 0 spiro atoms. The molecule has 1 heterocycles. The molecule has 0 aromatic carbocycles. The maximum atomic E-state index is 12.4. The Bertz CT molecular complexity index is 210. The monoisotopic (exact) mass is 248 g/mol. The van der Waals surface area contributed by atoms with E-state index in [0.29, 0.717) is 13.0 Å². The molecule has 0 radical (unpaired) electrons. The summed E-state index contributed by atoms with van der Waals surface area (Å²) in [7, 11) is 0. The first kappa shape index (κ1) is 13.6. The average molecular weight is 248 g/mol. The molecule has 1 aliphatic heterocycles. The van der Waals surface area contributed by atoms with E-state index in [1.165, 1.54) is 0 Å². The fourth-order valence-corrected chi connectivity index (χ4v) is 1.34. The van der Waals surface area contributed by atoms with Crippen molar-refractivity contribution in [3.63, 3.8) is 0 Å². The Kier molecular flexibility index (Phi) is 4.49. The van der Waals surface area contributed by atoms with Crippen LogP contribution in [0, 0.1) is 0 Å². The van der Waals surface area contributed by atoms with Crippen molar-refractivity contribution < 1.29 is 31.4 Å². The molecule has 16 heavy (non-hydrogen) atoms. The van der Waals surface area contributed by atoms with Gasteiger partial charge in [-0.05, 0) is 19.3 Å². The molecule has 0 aromatic heterocycles. The summed E-state index contributed by atoms with van der Waals surface area (Å²) in [4.78, 5) is 0. The fourth-order valence-electron chi connectivity index (χ4n) is 1.34. The van der Waals surface area contributed by atoms with E-state index in [4.69, 9.17) is 4.74 Å². The predicted octanol–water partition coefficient (Wildman–Crippen LogP) is 2.77. The second-order valence-corrected chi connectivity index (χ2v) is 3.71. The minimum absolute atomic E-state index is 0.217. The molecule has 1 atom stereocenters. The normalized spacial score (nSPS) is 23.4. The van der Waals surface area contributed by atoms with Gasteiger partial charge in [-0.3, -0.25) is 0 Å². The van der Waals surface area contributed by atoms with E-state index in [-0.39, 0.29) is 12.7 Å². The Morgan fingerprint density at radius 2 is 1.81 bits per heavy atom. The van der Waals surface area contributed by atoms with Crippen molar-refractivity contribution in [3.8, 4) is 0 Å². The van der Waals surface area contributed by atoms with Gasteiger partial charge in [0.05, 0.1) is 12.7 Å². The number of ether oxygens (including phenoxy) is 2. The van der Waals surface area contributed by atoms with Gasteiger partial charge in [-0.1, -0.05) is 0 Å². The van der Waals surface area contributed by atoms with Gasteiger partial charge in [0, 0.05) is 6.61 Å². The van der Waals surface area contributed by atoms with Crippen molar-refractivity contribution in [1.29, 1.82) is 0 Å². The zero-order valence-electron chi connectivity index (χ0n) is 8.53. The fraction of sp³-hybridized carbons (Fsp3) is 1.00. The Hall–Kier alpha value is -0.430. The maximum Gasteiger partial charge on any atom is 0.455 e. The minimum atomic E-state index is -5.56. The lowest BCUT2D eigenvalue weighted by atomic mass is 10.1. The van der Waals surface area contributed by atoms with Gasteiger partial charge in [0.2, 0.25) is 0 Å². The van der Waals surface area contributed by atoms with Gasteiger partial charge in [-0.2, -0.15) is 22.0 Å². The number of hydrogen-bond donors (Lipinski definition) is 0. The average Bonchev–Trinajstić information content (AvgIpc) is 2.17. The van der Waals surface area contributed by atoms with E-state index < -0.39 is 18.7 Å². The summed E-state index contributed by atoms with van der Waals surface area (Å²) in [6.45, 7) is -1.36. The lowest BCUT2D eigenvalue weighted by Gasteiger charge is -2.24. The molecule has 2 nitrogen and oxygen atoms in total. The Labute approximate surface area is 89.7 Å². The van der Waals surface area contributed by atoms with E-state index in [1.54, 1.807) is 0 Å². The third-order valence-corrected chi connectivity index (χ3v) is 2.28. The second-order valence-electron chi connectivity index (χ2n) is 3.71. The molecule has 0 bridgehead atoms. The highest BCUT2D eigenvalue weighted by Crippen LogP contribution is 2.35. The summed E-state index contributed by atoms with van der Waals surface area (Å²) in [5, 5.41) is 0. The SMILES string of the molecule is FC(F)(F)C(F)(F)COCC1CCCCO1. The first-order valence-electron chi connectivity index (χ1n) is 4.97. The molecule has 0 saturated carbocycles. The third-order valence-electron chi connectivity index (χ3n) is 2.28. The molecule has 1 rings (SSSR count). The van der Waals surface area contributed by atoms with Crippen molar-refractivity contribution in [2.75, 3.05) is 19.8 Å². The maximum absolute atomic E-state index is 12.4. The van der Waals surface area contributed by atoms with Crippen LogP contribution in [0.5, 0.6) is 0 Å². The van der Waals surface area contributed by atoms with E-state index in [9.17, 15) is 22.0 Å². The number of hydrogen-bond acceptors (Lipinski definition) is 2. The summed E-state index contributed by atoms with van der Waals surface area (Å²) < 4.78 is 69.5. The van der Waals surface area contributed by atoms with Crippen molar-refractivity contribution in [2.45, 2.75) is 37.5 Å². The molecule has 7 heteroatoms. The molecule has 1 fully saturated rings. The minimum Gasteiger partial charge on any atom is -0.376 e. The molecule has 1 unspecified atom stereocenters. The Morgan fingerprint density at radius 1 is 1.12 bits per heavy atom. The van der Waals surface area contributed by atoms with Crippen LogP contribution in [0.4, 0.5) is 22.0 Å². The highest BCUT2D eigenvalue weighted by Gasteiger charge is 2.57. The van der Waals surface area contributed by atoms with Gasteiger partial charge in [-0.15, -0.1) is 0 Å². The smallest absolute Gasteiger partial charge is 0.376 e. The molecule has 1 saturated heterocycles. The molecular formula is C9H13F5O2. The third kappa shape index (κ3) is 3.86. The van der Waals surface area contributed by atoms with Crippen LogP contribution in [0.15, 0.2) is 0 Å². The highest BCUT2D eigenvalue weighted by molar-refractivity contribution is 4.75. The van der Waals surface area contributed by atoms with Crippen LogP contribution in [0.1, 0.15) is 19.3 Å². The predicted molar refractivity (Wildman–Crippen MR) is 45.4 cm³/mol. The number of alkyl halides is 5. The molecule has 0 aliphatic carbocycles. The zero-order chi connectivity index (χ0) is 12.2. The first-order valence-corrected chi connectivity index (χ1v) is 4.97. The van der Waals surface area contributed by atoms with E-state index >= 15 is 0 Å². The van der Waals surface area contributed by atoms with Gasteiger partial charge in [0.1, 0.15) is 6.61 Å². The van der Waals surface area contributed by atoms with Crippen molar-refractivity contribution in [2.24, 2.45) is 0 Å². The van der Waals surface area contributed by atoms with Crippen molar-refractivity contribution in [1.82, 2.24) is 0 Å². The highest BCUT2D eigenvalue weighted by atomic mass is 19.4. The van der Waals surface area contributed by atoms with Gasteiger partial charge in [0.25, 0.3) is 0 Å². The Balaban J connectivity index is 2.23. The lowest BCUT2D eigenvalue weighted by molar-refractivity contribution is -0.298. The Morgan fingerprint density at radius 3 is 2.31 bits per heavy atom. The quantitative estimate of drug-likeness (QED) is 0.712. The van der Waals surface area contributed by atoms with E-state index in [0.717, 1.165) is 12.8 Å². The molecular weight excluding hydrogens is 235 g/mol. The van der Waals surface area contributed by atoms with Crippen molar-refractivity contribution >= 4 is 0 Å². The van der Waals surface area contributed by atoms with Crippen LogP contribution in [0.3, 0.4) is 0 Å². The summed E-state index contributed by atoms with van der Waals surface area (Å²) in [6, 6.07) is 0. The van der Waals surface area contributed by atoms with E-state index in [2.05, 4.69) is 4.74 Å². The van der Waals surface area contributed by atoms with Crippen molar-refractivity contribution in [3.05, 3.63) is 0 Å². The van der Waals surface area contributed by atoms with Crippen LogP contribution >= 0.6 is 0 Å². The van der Waals surface area contributed by atoms with Gasteiger partial charge in [-0.25, -0.2) is 0 Å². The zero-order valence-corrected chi connectivity index (χ0v) is 8.53. The number of halogens is 5. The first-order chi connectivity index (χ1) is 7.33. The second kappa shape index (κ2) is 5.27. The van der Waals surface area contributed by atoms with Crippen LogP contribution < -0.4 is 0 Å². The largest absolute Gasteiger partial charge is 0.455 e.